The van der Waals surface area contributed by atoms with Gasteiger partial charge in [-0.05, 0) is 63.4 Å². The van der Waals surface area contributed by atoms with E-state index in [1.54, 1.807) is 12.1 Å². The van der Waals surface area contributed by atoms with Crippen molar-refractivity contribution >= 4 is 28.3 Å². The van der Waals surface area contributed by atoms with Crippen LogP contribution in [0.1, 0.15) is 36.0 Å². The fraction of sp³-hybridized carbons (Fsp3) is 0.611. The van der Waals surface area contributed by atoms with Gasteiger partial charge in [-0.2, -0.15) is 0 Å². The molecule has 3 rings (SSSR count). The maximum absolute atomic E-state index is 12.9. The first-order valence-electron chi connectivity index (χ1n) is 9.09. The molecule has 1 amide bonds. The van der Waals surface area contributed by atoms with Crippen molar-refractivity contribution in [3.63, 3.8) is 0 Å². The van der Waals surface area contributed by atoms with Gasteiger partial charge in [0, 0.05) is 24.7 Å². The van der Waals surface area contributed by atoms with Crippen LogP contribution >= 0.6 is 12.4 Å². The Balaban J connectivity index is 0.00000261. The highest BCUT2D eigenvalue weighted by molar-refractivity contribution is 7.89. The molecule has 1 aliphatic heterocycles. The van der Waals surface area contributed by atoms with Crippen LogP contribution in [0, 0.1) is 5.92 Å². The lowest BCUT2D eigenvalue weighted by molar-refractivity contribution is 0.0674. The molecule has 9 heteroatoms. The number of halogens is 1. The van der Waals surface area contributed by atoms with Gasteiger partial charge < -0.3 is 15.0 Å². The number of nitrogens with zero attached hydrogens (tertiary/aromatic N) is 1. The second-order valence-corrected chi connectivity index (χ2v) is 8.76. The molecule has 2 N–H and O–H groups in total. The molecule has 0 radical (unpaired) electrons. The highest BCUT2D eigenvalue weighted by Gasteiger charge is 2.31. The van der Waals surface area contributed by atoms with Gasteiger partial charge in [-0.15, -0.1) is 12.4 Å². The van der Waals surface area contributed by atoms with Crippen LogP contribution in [0.2, 0.25) is 0 Å². The molecule has 1 saturated carbocycles. The van der Waals surface area contributed by atoms with Gasteiger partial charge in [-0.25, -0.2) is 13.1 Å². The molecule has 1 aliphatic carbocycles. The number of piperidine rings is 1. The van der Waals surface area contributed by atoms with Gasteiger partial charge in [-0.1, -0.05) is 0 Å². The van der Waals surface area contributed by atoms with Crippen LogP contribution in [0.5, 0.6) is 5.75 Å². The third-order valence-corrected chi connectivity index (χ3v) is 6.44. The first kappa shape index (κ1) is 21.9. The molecule has 1 unspecified atom stereocenters. The number of ether oxygens (including phenoxy) is 1. The van der Waals surface area contributed by atoms with Crippen molar-refractivity contribution in [1.82, 2.24) is 14.9 Å². The highest BCUT2D eigenvalue weighted by atomic mass is 35.5. The summed E-state index contributed by atoms with van der Waals surface area (Å²) >= 11 is 0. The van der Waals surface area contributed by atoms with Crippen molar-refractivity contribution in [1.29, 1.82) is 0 Å². The molecule has 1 heterocycles. The maximum atomic E-state index is 12.9. The second kappa shape index (κ2) is 9.23. The zero-order chi connectivity index (χ0) is 18.7. The van der Waals surface area contributed by atoms with E-state index < -0.39 is 10.0 Å². The fourth-order valence-electron chi connectivity index (χ4n) is 3.39. The minimum absolute atomic E-state index is 0. The highest BCUT2D eigenvalue weighted by Crippen LogP contribution is 2.29. The molecule has 7 nitrogen and oxygen atoms in total. The van der Waals surface area contributed by atoms with Gasteiger partial charge in [0.05, 0.1) is 7.11 Å². The van der Waals surface area contributed by atoms with E-state index in [1.807, 2.05) is 11.9 Å². The summed E-state index contributed by atoms with van der Waals surface area (Å²) in [5.41, 5.74) is 0.382. The molecule has 2 fully saturated rings. The van der Waals surface area contributed by atoms with Gasteiger partial charge in [-0.3, -0.25) is 4.79 Å². The number of sulfonamides is 1. The lowest BCUT2D eigenvalue weighted by Crippen LogP contribution is -2.42. The molecule has 1 aromatic carbocycles. The number of benzene rings is 1. The summed E-state index contributed by atoms with van der Waals surface area (Å²) in [5.74, 6) is 0.549. The van der Waals surface area contributed by atoms with Gasteiger partial charge in [0.25, 0.3) is 5.91 Å². The first-order valence-corrected chi connectivity index (χ1v) is 10.6. The van der Waals surface area contributed by atoms with Crippen LogP contribution in [-0.4, -0.2) is 59.1 Å². The van der Waals surface area contributed by atoms with Crippen LogP contribution in [0.25, 0.3) is 0 Å². The molecule has 0 spiro atoms. The zero-order valence-electron chi connectivity index (χ0n) is 15.7. The predicted octanol–water partition coefficient (Wildman–Crippen LogP) is 1.63. The van der Waals surface area contributed by atoms with Crippen LogP contribution < -0.4 is 14.8 Å². The summed E-state index contributed by atoms with van der Waals surface area (Å²) in [4.78, 5) is 14.8. The Kier molecular flexibility index (Phi) is 7.50. The second-order valence-electron chi connectivity index (χ2n) is 7.08. The molecule has 27 heavy (non-hydrogen) atoms. The average molecular weight is 418 g/mol. The minimum Gasteiger partial charge on any atom is -0.495 e. The number of likely N-dealkylation sites (tertiary alicyclic amines) is 1. The van der Waals surface area contributed by atoms with Crippen molar-refractivity contribution in [3.05, 3.63) is 23.8 Å². The van der Waals surface area contributed by atoms with E-state index in [4.69, 9.17) is 4.74 Å². The molecule has 152 valence electrons. The number of carbonyl (C=O) groups excluding carboxylic acids is 1. The molecular weight excluding hydrogens is 390 g/mol. The van der Waals surface area contributed by atoms with Gasteiger partial charge in [0.15, 0.2) is 0 Å². The summed E-state index contributed by atoms with van der Waals surface area (Å²) in [6.07, 6.45) is 3.75. The number of rotatable bonds is 7. The molecule has 1 saturated heterocycles. The van der Waals surface area contributed by atoms with E-state index in [0.717, 1.165) is 32.2 Å². The Morgan fingerprint density at radius 1 is 1.30 bits per heavy atom. The summed E-state index contributed by atoms with van der Waals surface area (Å²) in [5, 5.41) is 3.16. The lowest BCUT2D eigenvalue weighted by atomic mass is 9.97. The number of carbonyl (C=O) groups is 1. The number of nitrogens with one attached hydrogen (secondary N) is 2. The van der Waals surface area contributed by atoms with Gasteiger partial charge in [0.2, 0.25) is 10.0 Å². The molecule has 0 bridgehead atoms. The quantitative estimate of drug-likeness (QED) is 0.704. The first-order chi connectivity index (χ1) is 12.4. The minimum atomic E-state index is -3.70. The van der Waals surface area contributed by atoms with Crippen molar-refractivity contribution < 1.29 is 17.9 Å². The molecule has 2 aliphatic rings. The van der Waals surface area contributed by atoms with E-state index in [1.165, 1.54) is 13.2 Å². The van der Waals surface area contributed by atoms with Crippen molar-refractivity contribution in [2.24, 2.45) is 5.92 Å². The Morgan fingerprint density at radius 2 is 2.04 bits per heavy atom. The molecular formula is C18H28ClN3O4S. The molecule has 0 aromatic heterocycles. The van der Waals surface area contributed by atoms with Crippen LogP contribution in [0.15, 0.2) is 23.1 Å². The maximum Gasteiger partial charge on any atom is 0.253 e. The fourth-order valence-corrected chi connectivity index (χ4v) is 4.89. The topological polar surface area (TPSA) is 87.7 Å². The van der Waals surface area contributed by atoms with Crippen LogP contribution in [-0.2, 0) is 10.0 Å². The van der Waals surface area contributed by atoms with E-state index in [0.29, 0.717) is 24.6 Å². The third-order valence-electron chi connectivity index (χ3n) is 4.90. The summed E-state index contributed by atoms with van der Waals surface area (Å²) < 4.78 is 33.1. The number of hydrogen-bond donors (Lipinski definition) is 2. The summed E-state index contributed by atoms with van der Waals surface area (Å²) in [7, 11) is -0.360. The van der Waals surface area contributed by atoms with Crippen molar-refractivity contribution in [3.8, 4) is 5.75 Å². The standard InChI is InChI=1S/C18H27N3O4S.ClH/c1-19-11-13-4-3-9-21(12-13)18(22)14-5-8-16(25-2)17(10-14)26(23,24)20-15-6-7-15;/h5,8,10,13,15,19-20H,3-4,6-7,9,11-12H2,1-2H3;1H. The Hall–Kier alpha value is -1.35. The van der Waals surface area contributed by atoms with E-state index >= 15 is 0 Å². The van der Waals surface area contributed by atoms with E-state index in [-0.39, 0.29) is 35.0 Å². The normalized spacial score (nSPS) is 20.1. The van der Waals surface area contributed by atoms with Crippen LogP contribution in [0.3, 0.4) is 0 Å². The third kappa shape index (κ3) is 5.34. The molecule has 1 atom stereocenters. The summed E-state index contributed by atoms with van der Waals surface area (Å²) in [6.45, 7) is 2.26. The van der Waals surface area contributed by atoms with Gasteiger partial charge in [0.1, 0.15) is 10.6 Å². The Morgan fingerprint density at radius 3 is 2.67 bits per heavy atom. The predicted molar refractivity (Wildman–Crippen MR) is 106 cm³/mol. The summed E-state index contributed by atoms with van der Waals surface area (Å²) in [6, 6.07) is 4.63. The van der Waals surface area contributed by atoms with Crippen molar-refractivity contribution in [2.45, 2.75) is 36.6 Å². The van der Waals surface area contributed by atoms with Crippen molar-refractivity contribution in [2.75, 3.05) is 33.8 Å². The smallest absolute Gasteiger partial charge is 0.253 e. The average Bonchev–Trinajstić information content (AvgIpc) is 3.44. The van der Waals surface area contributed by atoms with Gasteiger partial charge >= 0.3 is 0 Å². The van der Waals surface area contributed by atoms with E-state index in [2.05, 4.69) is 10.0 Å². The number of hydrogen-bond acceptors (Lipinski definition) is 5. The largest absolute Gasteiger partial charge is 0.495 e. The molecule has 1 aromatic rings. The SMILES string of the molecule is CNCC1CCCN(C(=O)c2ccc(OC)c(S(=O)(=O)NC3CC3)c2)C1.Cl. The number of methoxy groups -OCH3 is 1. The monoisotopic (exact) mass is 417 g/mol. The Bertz CT molecular complexity index is 766. The zero-order valence-corrected chi connectivity index (χ0v) is 17.4. The number of amides is 1. The lowest BCUT2D eigenvalue weighted by Gasteiger charge is -2.33. The Labute approximate surface area is 167 Å². The van der Waals surface area contributed by atoms with Crippen LogP contribution in [0.4, 0.5) is 0 Å². The van der Waals surface area contributed by atoms with E-state index in [9.17, 15) is 13.2 Å².